The van der Waals surface area contributed by atoms with E-state index in [0.29, 0.717) is 0 Å². The van der Waals surface area contributed by atoms with E-state index in [1.54, 1.807) is 0 Å². The van der Waals surface area contributed by atoms with Gasteiger partial charge in [0.05, 0.1) is 0 Å². The summed E-state index contributed by atoms with van der Waals surface area (Å²) in [6.07, 6.45) is 0. The Kier molecular flexibility index (Phi) is 3.06. The molecule has 1 atom stereocenters. The molecule has 0 aliphatic carbocycles. The largest absolute Gasteiger partial charge is 0.505 e. The van der Waals surface area contributed by atoms with Crippen LogP contribution in [0.1, 0.15) is 25.5 Å². The van der Waals surface area contributed by atoms with Gasteiger partial charge in [0.15, 0.2) is 11.6 Å². The number of benzene rings is 1. The Hall–Kier alpha value is -1.16. The smallest absolute Gasteiger partial charge is 0.200 e. The first-order valence-corrected chi connectivity index (χ1v) is 4.37. The number of phenolic OH excluding ortho intramolecular Hbond substituents is 1. The minimum Gasteiger partial charge on any atom is -0.505 e. The van der Waals surface area contributed by atoms with Crippen molar-refractivity contribution >= 4 is 0 Å². The van der Waals surface area contributed by atoms with E-state index in [4.69, 9.17) is 5.73 Å². The van der Waals surface area contributed by atoms with Crippen LogP contribution in [0, 0.1) is 17.6 Å². The molecule has 0 unspecified atom stereocenters. The second-order valence-corrected chi connectivity index (χ2v) is 3.57. The first-order valence-electron chi connectivity index (χ1n) is 4.37. The van der Waals surface area contributed by atoms with E-state index < -0.39 is 23.4 Å². The van der Waals surface area contributed by atoms with Gasteiger partial charge >= 0.3 is 0 Å². The zero-order chi connectivity index (χ0) is 10.9. The molecule has 1 aromatic carbocycles. The van der Waals surface area contributed by atoms with Crippen LogP contribution in [-0.4, -0.2) is 5.11 Å². The van der Waals surface area contributed by atoms with Gasteiger partial charge in [0.25, 0.3) is 0 Å². The average molecular weight is 201 g/mol. The zero-order valence-corrected chi connectivity index (χ0v) is 8.09. The van der Waals surface area contributed by atoms with Crippen molar-refractivity contribution in [3.63, 3.8) is 0 Å². The lowest BCUT2D eigenvalue weighted by Gasteiger charge is -2.17. The summed E-state index contributed by atoms with van der Waals surface area (Å²) in [6.45, 7) is 3.68. The topological polar surface area (TPSA) is 46.2 Å². The third-order valence-corrected chi connectivity index (χ3v) is 2.18. The van der Waals surface area contributed by atoms with E-state index in [0.717, 1.165) is 6.07 Å². The fourth-order valence-corrected chi connectivity index (χ4v) is 1.18. The van der Waals surface area contributed by atoms with Crippen LogP contribution in [0.15, 0.2) is 12.1 Å². The minimum absolute atomic E-state index is 0.0470. The molecule has 0 saturated heterocycles. The number of hydrogen-bond acceptors (Lipinski definition) is 2. The van der Waals surface area contributed by atoms with Crippen molar-refractivity contribution in [1.29, 1.82) is 0 Å². The highest BCUT2D eigenvalue weighted by Gasteiger charge is 2.19. The molecular formula is C10H13F2NO. The molecule has 0 heterocycles. The van der Waals surface area contributed by atoms with Crippen LogP contribution in [0.2, 0.25) is 0 Å². The standard InChI is InChI=1S/C10H13F2NO/c1-5(2)9(13)6-3-4-7(11)8(12)10(6)14/h3-5,9,14H,13H2,1-2H3/t9-/m1/s1. The second-order valence-electron chi connectivity index (χ2n) is 3.57. The number of aromatic hydroxyl groups is 1. The molecular weight excluding hydrogens is 188 g/mol. The molecule has 0 aliphatic heterocycles. The lowest BCUT2D eigenvalue weighted by molar-refractivity contribution is 0.387. The number of hydrogen-bond donors (Lipinski definition) is 2. The van der Waals surface area contributed by atoms with Gasteiger partial charge in [-0.1, -0.05) is 19.9 Å². The van der Waals surface area contributed by atoms with Gasteiger partial charge in [-0.3, -0.25) is 0 Å². The van der Waals surface area contributed by atoms with Crippen molar-refractivity contribution in [2.75, 3.05) is 0 Å². The van der Waals surface area contributed by atoms with Gasteiger partial charge in [0, 0.05) is 11.6 Å². The van der Waals surface area contributed by atoms with E-state index in [2.05, 4.69) is 0 Å². The van der Waals surface area contributed by atoms with Gasteiger partial charge in [-0.25, -0.2) is 4.39 Å². The molecule has 0 spiro atoms. The lowest BCUT2D eigenvalue weighted by Crippen LogP contribution is -2.17. The SMILES string of the molecule is CC(C)[C@@H](N)c1ccc(F)c(F)c1O. The monoisotopic (exact) mass is 201 g/mol. The molecule has 0 fully saturated rings. The molecule has 1 rings (SSSR count). The van der Waals surface area contributed by atoms with E-state index >= 15 is 0 Å². The molecule has 0 aliphatic rings. The van der Waals surface area contributed by atoms with Crippen LogP contribution in [0.25, 0.3) is 0 Å². The second kappa shape index (κ2) is 3.92. The first-order chi connectivity index (χ1) is 6.45. The number of phenols is 1. The molecule has 0 amide bonds. The Morgan fingerprint density at radius 1 is 1.29 bits per heavy atom. The van der Waals surface area contributed by atoms with Crippen molar-refractivity contribution < 1.29 is 13.9 Å². The summed E-state index contributed by atoms with van der Waals surface area (Å²) in [6, 6.07) is 1.77. The van der Waals surface area contributed by atoms with Crippen molar-refractivity contribution in [2.45, 2.75) is 19.9 Å². The summed E-state index contributed by atoms with van der Waals surface area (Å²) in [7, 11) is 0. The third-order valence-electron chi connectivity index (χ3n) is 2.18. The highest BCUT2D eigenvalue weighted by molar-refractivity contribution is 5.36. The predicted octanol–water partition coefficient (Wildman–Crippen LogP) is 2.33. The summed E-state index contributed by atoms with van der Waals surface area (Å²) in [5.74, 6) is -2.95. The molecule has 0 aromatic heterocycles. The van der Waals surface area contributed by atoms with Crippen molar-refractivity contribution in [1.82, 2.24) is 0 Å². The maximum absolute atomic E-state index is 12.9. The van der Waals surface area contributed by atoms with Crippen molar-refractivity contribution in [3.05, 3.63) is 29.3 Å². The van der Waals surface area contributed by atoms with Crippen molar-refractivity contribution in [2.24, 2.45) is 11.7 Å². The van der Waals surface area contributed by atoms with Gasteiger partial charge in [0.1, 0.15) is 0 Å². The fraction of sp³-hybridized carbons (Fsp3) is 0.400. The Balaban J connectivity index is 3.17. The van der Waals surface area contributed by atoms with Crippen LogP contribution >= 0.6 is 0 Å². The number of nitrogens with two attached hydrogens (primary N) is 1. The van der Waals surface area contributed by atoms with Crippen LogP contribution < -0.4 is 5.73 Å². The van der Waals surface area contributed by atoms with Crippen molar-refractivity contribution in [3.8, 4) is 5.75 Å². The van der Waals surface area contributed by atoms with Gasteiger partial charge in [-0.2, -0.15) is 4.39 Å². The summed E-state index contributed by atoms with van der Waals surface area (Å²) < 4.78 is 25.6. The normalized spacial score (nSPS) is 13.3. The fourth-order valence-electron chi connectivity index (χ4n) is 1.18. The average Bonchev–Trinajstić information content (AvgIpc) is 2.13. The maximum atomic E-state index is 12.9. The van der Waals surface area contributed by atoms with Crippen LogP contribution in [0.3, 0.4) is 0 Å². The van der Waals surface area contributed by atoms with E-state index in [1.807, 2.05) is 13.8 Å². The third kappa shape index (κ3) is 1.85. The van der Waals surface area contributed by atoms with E-state index in [-0.39, 0.29) is 11.5 Å². The predicted molar refractivity (Wildman–Crippen MR) is 49.8 cm³/mol. The highest BCUT2D eigenvalue weighted by Crippen LogP contribution is 2.30. The van der Waals surface area contributed by atoms with E-state index in [9.17, 15) is 13.9 Å². The van der Waals surface area contributed by atoms with Crippen LogP contribution in [-0.2, 0) is 0 Å². The Labute approximate surface area is 81.4 Å². The molecule has 78 valence electrons. The summed E-state index contributed by atoms with van der Waals surface area (Å²) in [5, 5.41) is 9.30. The Bertz CT molecular complexity index is 339. The summed E-state index contributed by atoms with van der Waals surface area (Å²) >= 11 is 0. The van der Waals surface area contributed by atoms with Gasteiger partial charge in [-0.15, -0.1) is 0 Å². The van der Waals surface area contributed by atoms with Gasteiger partial charge in [0.2, 0.25) is 5.82 Å². The molecule has 2 nitrogen and oxygen atoms in total. The molecule has 1 aromatic rings. The molecule has 0 saturated carbocycles. The minimum atomic E-state index is -1.24. The molecule has 0 bridgehead atoms. The van der Waals surface area contributed by atoms with E-state index in [1.165, 1.54) is 6.07 Å². The lowest BCUT2D eigenvalue weighted by atomic mass is 9.96. The molecule has 4 heteroatoms. The Morgan fingerprint density at radius 2 is 1.86 bits per heavy atom. The summed E-state index contributed by atoms with van der Waals surface area (Å²) in [4.78, 5) is 0. The zero-order valence-electron chi connectivity index (χ0n) is 8.09. The van der Waals surface area contributed by atoms with Gasteiger partial charge in [-0.05, 0) is 12.0 Å². The summed E-state index contributed by atoms with van der Waals surface area (Å²) in [5.41, 5.74) is 5.94. The Morgan fingerprint density at radius 3 is 2.36 bits per heavy atom. The highest BCUT2D eigenvalue weighted by atomic mass is 19.2. The van der Waals surface area contributed by atoms with Gasteiger partial charge < -0.3 is 10.8 Å². The molecule has 14 heavy (non-hydrogen) atoms. The quantitative estimate of drug-likeness (QED) is 0.771. The maximum Gasteiger partial charge on any atom is 0.200 e. The van der Waals surface area contributed by atoms with Crippen LogP contribution in [0.5, 0.6) is 5.75 Å². The number of halogens is 2. The molecule has 3 N–H and O–H groups in total. The first kappa shape index (κ1) is 10.9. The molecule has 0 radical (unpaired) electrons. The number of rotatable bonds is 2. The van der Waals surface area contributed by atoms with Crippen LogP contribution in [0.4, 0.5) is 8.78 Å².